The van der Waals surface area contributed by atoms with Crippen LogP contribution in [0.15, 0.2) is 0 Å². The Hall–Kier alpha value is -0.0800. The monoisotopic (exact) mass is 172 g/mol. The number of rotatable bonds is 3. The largest absolute Gasteiger partial charge is 0.391 e. The zero-order valence-electron chi connectivity index (χ0n) is 8.12. The molecule has 0 saturated heterocycles. The van der Waals surface area contributed by atoms with Crippen LogP contribution in [-0.2, 0) is 4.74 Å². The topological polar surface area (TPSA) is 29.5 Å². The highest BCUT2D eigenvalue weighted by molar-refractivity contribution is 4.77. The third kappa shape index (κ3) is 2.46. The summed E-state index contributed by atoms with van der Waals surface area (Å²) < 4.78 is 5.30. The zero-order valence-corrected chi connectivity index (χ0v) is 8.12. The first-order chi connectivity index (χ1) is 5.75. The van der Waals surface area contributed by atoms with E-state index in [2.05, 4.69) is 0 Å². The summed E-state index contributed by atoms with van der Waals surface area (Å²) in [7, 11) is 1.70. The molecule has 1 fully saturated rings. The summed E-state index contributed by atoms with van der Waals surface area (Å²) in [5.41, 5.74) is 0. The van der Waals surface area contributed by atoms with Gasteiger partial charge < -0.3 is 9.84 Å². The number of hydrogen-bond acceptors (Lipinski definition) is 2. The van der Waals surface area contributed by atoms with Crippen LogP contribution in [0.4, 0.5) is 0 Å². The number of methoxy groups -OCH3 is 1. The third-order valence-electron chi connectivity index (χ3n) is 2.86. The molecule has 2 unspecified atom stereocenters. The van der Waals surface area contributed by atoms with Crippen molar-refractivity contribution in [2.24, 2.45) is 5.92 Å². The molecule has 1 N–H and O–H groups in total. The van der Waals surface area contributed by atoms with Crippen LogP contribution in [0.25, 0.3) is 0 Å². The van der Waals surface area contributed by atoms with Crippen LogP contribution in [-0.4, -0.2) is 24.4 Å². The Kier molecular flexibility index (Phi) is 4.02. The second-order valence-corrected chi connectivity index (χ2v) is 3.84. The van der Waals surface area contributed by atoms with E-state index in [1.165, 1.54) is 32.1 Å². The fraction of sp³-hybridized carbons (Fsp3) is 1.00. The number of aliphatic hydroxyl groups is 1. The van der Waals surface area contributed by atoms with Gasteiger partial charge in [0.25, 0.3) is 0 Å². The van der Waals surface area contributed by atoms with Crippen molar-refractivity contribution in [3.05, 3.63) is 0 Å². The predicted octanol–water partition coefficient (Wildman–Crippen LogP) is 1.96. The predicted molar refractivity (Wildman–Crippen MR) is 49.1 cm³/mol. The number of aliphatic hydroxyl groups excluding tert-OH is 1. The van der Waals surface area contributed by atoms with E-state index in [1.54, 1.807) is 7.11 Å². The Morgan fingerprint density at radius 2 is 1.83 bits per heavy atom. The fourth-order valence-corrected chi connectivity index (χ4v) is 2.25. The highest BCUT2D eigenvalue weighted by Gasteiger charge is 2.26. The van der Waals surface area contributed by atoms with Crippen molar-refractivity contribution in [3.63, 3.8) is 0 Å². The van der Waals surface area contributed by atoms with Gasteiger partial charge in [-0.15, -0.1) is 0 Å². The minimum atomic E-state index is -0.321. The standard InChI is InChI=1S/C10H20O2/c1-8(11)10(12-2)9-6-4-3-5-7-9/h8-11H,3-7H2,1-2H3. The summed E-state index contributed by atoms with van der Waals surface area (Å²) in [5, 5.41) is 9.44. The number of hydrogen-bond donors (Lipinski definition) is 1. The normalized spacial score (nSPS) is 25.2. The van der Waals surface area contributed by atoms with Crippen LogP contribution in [0, 0.1) is 5.92 Å². The average Bonchev–Trinajstić information content (AvgIpc) is 2.07. The smallest absolute Gasteiger partial charge is 0.0855 e. The Labute approximate surface area is 74.9 Å². The molecule has 12 heavy (non-hydrogen) atoms. The molecule has 1 aliphatic carbocycles. The van der Waals surface area contributed by atoms with Gasteiger partial charge in [-0.05, 0) is 25.7 Å². The first-order valence-electron chi connectivity index (χ1n) is 4.96. The molecule has 1 aliphatic rings. The highest BCUT2D eigenvalue weighted by Crippen LogP contribution is 2.28. The van der Waals surface area contributed by atoms with E-state index in [0.717, 1.165) is 0 Å². The van der Waals surface area contributed by atoms with Crippen molar-refractivity contribution in [1.29, 1.82) is 0 Å². The first kappa shape index (κ1) is 10.0. The molecular weight excluding hydrogens is 152 g/mol. The van der Waals surface area contributed by atoms with Gasteiger partial charge in [-0.1, -0.05) is 19.3 Å². The van der Waals surface area contributed by atoms with Gasteiger partial charge in [0, 0.05) is 7.11 Å². The second kappa shape index (κ2) is 4.83. The molecule has 2 atom stereocenters. The van der Waals surface area contributed by atoms with E-state index in [0.29, 0.717) is 5.92 Å². The molecular formula is C10H20O2. The lowest BCUT2D eigenvalue weighted by Gasteiger charge is -2.30. The van der Waals surface area contributed by atoms with Crippen molar-refractivity contribution < 1.29 is 9.84 Å². The molecule has 0 aromatic rings. The summed E-state index contributed by atoms with van der Waals surface area (Å²) in [5.74, 6) is 0.587. The lowest BCUT2D eigenvalue weighted by Crippen LogP contribution is -2.34. The second-order valence-electron chi connectivity index (χ2n) is 3.84. The van der Waals surface area contributed by atoms with Gasteiger partial charge in [0.15, 0.2) is 0 Å². The van der Waals surface area contributed by atoms with Crippen LogP contribution in [0.1, 0.15) is 39.0 Å². The molecule has 0 amide bonds. The molecule has 2 heteroatoms. The van der Waals surface area contributed by atoms with Crippen LogP contribution < -0.4 is 0 Å². The Morgan fingerprint density at radius 1 is 1.25 bits per heavy atom. The quantitative estimate of drug-likeness (QED) is 0.705. The molecule has 1 saturated carbocycles. The Bertz CT molecular complexity index is 117. The van der Waals surface area contributed by atoms with Crippen molar-refractivity contribution >= 4 is 0 Å². The maximum absolute atomic E-state index is 9.44. The molecule has 0 radical (unpaired) electrons. The minimum absolute atomic E-state index is 0.0605. The molecule has 72 valence electrons. The Balaban J connectivity index is 2.40. The summed E-state index contributed by atoms with van der Waals surface area (Å²) >= 11 is 0. The Morgan fingerprint density at radius 3 is 2.25 bits per heavy atom. The molecule has 0 aromatic heterocycles. The first-order valence-corrected chi connectivity index (χ1v) is 4.96. The maximum Gasteiger partial charge on any atom is 0.0855 e. The fourth-order valence-electron chi connectivity index (χ4n) is 2.25. The number of ether oxygens (including phenoxy) is 1. The van der Waals surface area contributed by atoms with Crippen LogP contribution in [0.5, 0.6) is 0 Å². The van der Waals surface area contributed by atoms with Gasteiger partial charge in [-0.2, -0.15) is 0 Å². The van der Waals surface area contributed by atoms with Gasteiger partial charge in [-0.25, -0.2) is 0 Å². The summed E-state index contributed by atoms with van der Waals surface area (Å²) in [6.45, 7) is 1.82. The van der Waals surface area contributed by atoms with Crippen LogP contribution >= 0.6 is 0 Å². The van der Waals surface area contributed by atoms with E-state index in [4.69, 9.17) is 4.74 Å². The van der Waals surface area contributed by atoms with E-state index in [1.807, 2.05) is 6.92 Å². The highest BCUT2D eigenvalue weighted by atomic mass is 16.5. The van der Waals surface area contributed by atoms with E-state index < -0.39 is 0 Å². The molecule has 1 rings (SSSR count). The molecule has 2 nitrogen and oxygen atoms in total. The summed E-state index contributed by atoms with van der Waals surface area (Å²) in [4.78, 5) is 0. The van der Waals surface area contributed by atoms with Gasteiger partial charge >= 0.3 is 0 Å². The molecule has 0 spiro atoms. The average molecular weight is 172 g/mol. The SMILES string of the molecule is COC(C(C)O)C1CCCCC1. The van der Waals surface area contributed by atoms with Gasteiger partial charge in [0.05, 0.1) is 12.2 Å². The maximum atomic E-state index is 9.44. The molecule has 0 aliphatic heterocycles. The molecule has 0 heterocycles. The van der Waals surface area contributed by atoms with Gasteiger partial charge in [0.1, 0.15) is 0 Å². The van der Waals surface area contributed by atoms with Crippen molar-refractivity contribution in [2.45, 2.75) is 51.2 Å². The summed E-state index contributed by atoms with van der Waals surface area (Å²) in [6.07, 6.45) is 6.15. The van der Waals surface area contributed by atoms with Crippen LogP contribution in [0.3, 0.4) is 0 Å². The van der Waals surface area contributed by atoms with Crippen LogP contribution in [0.2, 0.25) is 0 Å². The van der Waals surface area contributed by atoms with Crippen molar-refractivity contribution in [3.8, 4) is 0 Å². The van der Waals surface area contributed by atoms with Crippen molar-refractivity contribution in [2.75, 3.05) is 7.11 Å². The third-order valence-corrected chi connectivity index (χ3v) is 2.86. The van der Waals surface area contributed by atoms with Gasteiger partial charge in [-0.3, -0.25) is 0 Å². The lowest BCUT2D eigenvalue weighted by atomic mass is 9.83. The lowest BCUT2D eigenvalue weighted by molar-refractivity contribution is -0.0461. The van der Waals surface area contributed by atoms with Crippen molar-refractivity contribution in [1.82, 2.24) is 0 Å². The summed E-state index contributed by atoms with van der Waals surface area (Å²) in [6, 6.07) is 0. The zero-order chi connectivity index (χ0) is 8.97. The molecule has 0 bridgehead atoms. The van der Waals surface area contributed by atoms with Gasteiger partial charge in [0.2, 0.25) is 0 Å². The molecule has 0 aromatic carbocycles. The van der Waals surface area contributed by atoms with E-state index in [9.17, 15) is 5.11 Å². The van der Waals surface area contributed by atoms with E-state index >= 15 is 0 Å². The minimum Gasteiger partial charge on any atom is -0.391 e. The van der Waals surface area contributed by atoms with E-state index in [-0.39, 0.29) is 12.2 Å².